The molecule has 42 heavy (non-hydrogen) atoms. The number of rotatable bonds is 8. The molecule has 0 saturated carbocycles. The van der Waals surface area contributed by atoms with E-state index in [2.05, 4.69) is 71.4 Å². The fourth-order valence-electron chi connectivity index (χ4n) is 7.58. The number of aromatic amines is 1. The fraction of sp³-hybridized carbons (Fsp3) is 0.417. The van der Waals surface area contributed by atoms with Crippen molar-refractivity contribution in [1.29, 1.82) is 0 Å². The first kappa shape index (κ1) is 27.1. The van der Waals surface area contributed by atoms with E-state index in [9.17, 15) is 0 Å². The van der Waals surface area contributed by atoms with Crippen molar-refractivity contribution < 1.29 is 14.2 Å². The Balaban J connectivity index is 1.14. The highest BCUT2D eigenvalue weighted by Crippen LogP contribution is 2.46. The number of ether oxygens (including phenoxy) is 3. The van der Waals surface area contributed by atoms with E-state index < -0.39 is 0 Å². The highest BCUT2D eigenvalue weighted by Gasteiger charge is 2.39. The number of hydrogen-bond acceptors (Lipinski definition) is 5. The summed E-state index contributed by atoms with van der Waals surface area (Å²) in [7, 11) is 3.46. The Bertz CT molecular complexity index is 1610. The third-order valence-electron chi connectivity index (χ3n) is 9.83. The molecule has 7 rings (SSSR count). The van der Waals surface area contributed by atoms with Crippen LogP contribution in [0.4, 0.5) is 0 Å². The molecule has 1 N–H and O–H groups in total. The first-order chi connectivity index (χ1) is 20.6. The lowest BCUT2D eigenvalue weighted by Crippen LogP contribution is -2.46. The van der Waals surface area contributed by atoms with Gasteiger partial charge in [0, 0.05) is 36.6 Å². The van der Waals surface area contributed by atoms with Crippen LogP contribution in [0, 0.1) is 11.8 Å². The van der Waals surface area contributed by atoms with Gasteiger partial charge >= 0.3 is 0 Å². The van der Waals surface area contributed by atoms with Gasteiger partial charge in [-0.1, -0.05) is 43.7 Å². The lowest BCUT2D eigenvalue weighted by atomic mass is 9.73. The molecule has 3 aromatic carbocycles. The first-order valence-corrected chi connectivity index (χ1v) is 15.5. The van der Waals surface area contributed by atoms with Crippen LogP contribution in [-0.2, 0) is 19.4 Å². The van der Waals surface area contributed by atoms with E-state index in [4.69, 9.17) is 19.2 Å². The van der Waals surface area contributed by atoms with Gasteiger partial charge in [0.25, 0.3) is 0 Å². The van der Waals surface area contributed by atoms with Crippen LogP contribution in [0.1, 0.15) is 60.2 Å². The summed E-state index contributed by atoms with van der Waals surface area (Å²) in [5.41, 5.74) is 9.05. The van der Waals surface area contributed by atoms with E-state index in [1.165, 1.54) is 51.0 Å². The lowest BCUT2D eigenvalue weighted by Gasteiger charge is -2.47. The van der Waals surface area contributed by atoms with Crippen LogP contribution >= 0.6 is 0 Å². The average Bonchev–Trinajstić information content (AvgIpc) is 3.42. The number of hydrogen-bond donors (Lipinski definition) is 1. The molecule has 0 aliphatic carbocycles. The van der Waals surface area contributed by atoms with Crippen molar-refractivity contribution in [3.8, 4) is 17.2 Å². The van der Waals surface area contributed by atoms with Gasteiger partial charge < -0.3 is 19.2 Å². The quantitative estimate of drug-likeness (QED) is 0.247. The SMILES string of the molecule is CC[C@H]1CN2CCc3cc(OC)c(OC)cc3[C@@H]2C[C@@H]1CC1=NCCc2c1[nH]c1ccc(OCc3ccccc3)cc21. The fourth-order valence-corrected chi connectivity index (χ4v) is 7.58. The van der Waals surface area contributed by atoms with Crippen molar-refractivity contribution in [2.75, 3.05) is 33.9 Å². The van der Waals surface area contributed by atoms with Crippen molar-refractivity contribution in [1.82, 2.24) is 9.88 Å². The van der Waals surface area contributed by atoms with Gasteiger partial charge in [0.1, 0.15) is 12.4 Å². The molecular weight excluding hydrogens is 522 g/mol. The van der Waals surface area contributed by atoms with E-state index >= 15 is 0 Å². The predicted molar refractivity (Wildman–Crippen MR) is 168 cm³/mol. The second-order valence-corrected chi connectivity index (χ2v) is 12.1. The number of H-pyrrole nitrogens is 1. The summed E-state index contributed by atoms with van der Waals surface area (Å²) in [5.74, 6) is 3.83. The summed E-state index contributed by atoms with van der Waals surface area (Å²) < 4.78 is 17.5. The Morgan fingerprint density at radius 2 is 1.79 bits per heavy atom. The second kappa shape index (κ2) is 11.5. The van der Waals surface area contributed by atoms with Gasteiger partial charge in [-0.3, -0.25) is 9.89 Å². The number of nitrogens with one attached hydrogen (secondary N) is 1. The summed E-state index contributed by atoms with van der Waals surface area (Å²) >= 11 is 0. The van der Waals surface area contributed by atoms with Crippen LogP contribution in [0.25, 0.3) is 10.9 Å². The second-order valence-electron chi connectivity index (χ2n) is 12.1. The van der Waals surface area contributed by atoms with Crippen LogP contribution in [0.2, 0.25) is 0 Å². The van der Waals surface area contributed by atoms with E-state index in [1.54, 1.807) is 14.2 Å². The Hall–Kier alpha value is -3.77. The Labute approximate surface area is 248 Å². The number of nitrogens with zero attached hydrogens (tertiary/aromatic N) is 2. The number of benzene rings is 3. The molecule has 0 radical (unpaired) electrons. The molecule has 218 valence electrons. The largest absolute Gasteiger partial charge is 0.493 e. The van der Waals surface area contributed by atoms with Crippen molar-refractivity contribution in [3.63, 3.8) is 0 Å². The van der Waals surface area contributed by atoms with Gasteiger partial charge in [-0.2, -0.15) is 0 Å². The molecule has 4 heterocycles. The van der Waals surface area contributed by atoms with Crippen LogP contribution < -0.4 is 14.2 Å². The monoisotopic (exact) mass is 563 g/mol. The van der Waals surface area contributed by atoms with Gasteiger partial charge in [0.2, 0.25) is 0 Å². The van der Waals surface area contributed by atoms with Crippen LogP contribution in [0.3, 0.4) is 0 Å². The minimum atomic E-state index is 0.414. The molecule has 0 unspecified atom stereocenters. The van der Waals surface area contributed by atoms with E-state index in [0.717, 1.165) is 62.6 Å². The van der Waals surface area contributed by atoms with Gasteiger partial charge in [0.05, 0.1) is 25.6 Å². The molecule has 1 fully saturated rings. The normalized spacial score (nSPS) is 21.7. The minimum Gasteiger partial charge on any atom is -0.493 e. The van der Waals surface area contributed by atoms with Crippen LogP contribution in [-0.4, -0.2) is 49.4 Å². The number of piperidine rings is 1. The average molecular weight is 564 g/mol. The van der Waals surface area contributed by atoms with Gasteiger partial charge in [-0.05, 0) is 90.1 Å². The smallest absolute Gasteiger partial charge is 0.161 e. The van der Waals surface area contributed by atoms with E-state index in [0.29, 0.717) is 24.5 Å². The van der Waals surface area contributed by atoms with Crippen LogP contribution in [0.15, 0.2) is 65.7 Å². The maximum Gasteiger partial charge on any atom is 0.161 e. The summed E-state index contributed by atoms with van der Waals surface area (Å²) in [5, 5.41) is 1.27. The Morgan fingerprint density at radius 3 is 2.60 bits per heavy atom. The zero-order chi connectivity index (χ0) is 28.6. The van der Waals surface area contributed by atoms with Crippen molar-refractivity contribution in [2.24, 2.45) is 16.8 Å². The van der Waals surface area contributed by atoms with Crippen molar-refractivity contribution >= 4 is 16.6 Å². The molecule has 1 aromatic heterocycles. The van der Waals surface area contributed by atoms with Gasteiger partial charge in [-0.15, -0.1) is 0 Å². The molecule has 1 saturated heterocycles. The highest BCUT2D eigenvalue weighted by molar-refractivity contribution is 6.06. The Kier molecular flexibility index (Phi) is 7.41. The standard InChI is InChI=1S/C36H41N3O3/c1-4-24-21-39-15-13-25-18-34(40-2)35(41-3)20-29(25)33(39)17-26(24)16-32-36-28(12-14-37-32)30-19-27(10-11-31(30)38-36)42-22-23-8-6-5-7-9-23/h5-11,18-20,24,26,33,38H,4,12-17,21-22H2,1-3H3/t24-,26-,33-/m0/s1. The van der Waals surface area contributed by atoms with Crippen molar-refractivity contribution in [2.45, 2.75) is 51.7 Å². The first-order valence-electron chi connectivity index (χ1n) is 15.5. The molecule has 6 heteroatoms. The Morgan fingerprint density at radius 1 is 0.952 bits per heavy atom. The molecule has 3 atom stereocenters. The maximum atomic E-state index is 6.18. The zero-order valence-corrected chi connectivity index (χ0v) is 25.0. The lowest BCUT2D eigenvalue weighted by molar-refractivity contribution is 0.0546. The van der Waals surface area contributed by atoms with E-state index in [1.807, 2.05) is 6.07 Å². The molecular formula is C36H41N3O3. The predicted octanol–water partition coefficient (Wildman–Crippen LogP) is 7.14. The van der Waals surface area contributed by atoms with Gasteiger partial charge in [0.15, 0.2) is 11.5 Å². The molecule has 0 bridgehead atoms. The highest BCUT2D eigenvalue weighted by atomic mass is 16.5. The number of methoxy groups -OCH3 is 2. The number of fused-ring (bicyclic) bond motifs is 6. The molecule has 0 spiro atoms. The summed E-state index contributed by atoms with van der Waals surface area (Å²) in [4.78, 5) is 11.6. The molecule has 3 aliphatic rings. The molecule has 3 aliphatic heterocycles. The van der Waals surface area contributed by atoms with Gasteiger partial charge in [-0.25, -0.2) is 0 Å². The number of aromatic nitrogens is 1. The maximum absolute atomic E-state index is 6.18. The summed E-state index contributed by atoms with van der Waals surface area (Å²) in [6, 6.07) is 21.7. The molecule has 6 nitrogen and oxygen atoms in total. The van der Waals surface area contributed by atoms with E-state index in [-0.39, 0.29) is 0 Å². The summed E-state index contributed by atoms with van der Waals surface area (Å²) in [6.07, 6.45) is 5.39. The minimum absolute atomic E-state index is 0.414. The zero-order valence-electron chi connectivity index (χ0n) is 25.0. The third kappa shape index (κ3) is 4.96. The van der Waals surface area contributed by atoms with Crippen LogP contribution in [0.5, 0.6) is 17.2 Å². The topological polar surface area (TPSA) is 59.1 Å². The summed E-state index contributed by atoms with van der Waals surface area (Å²) in [6.45, 7) is 6.04. The molecule has 0 amide bonds. The third-order valence-corrected chi connectivity index (χ3v) is 9.83. The van der Waals surface area contributed by atoms with Crippen molar-refractivity contribution in [3.05, 3.63) is 88.6 Å². The molecule has 4 aromatic rings. The number of aliphatic imine (C=N–C) groups is 1.